The molecule has 0 fully saturated rings. The SMILES string of the molecule is CCOC(=O)C[C@H](N)c1ccc(OC)c(-c2cccc(OC(F)(F)F)c2)c1. The Kier molecular flexibility index (Phi) is 6.68. The molecule has 0 amide bonds. The Hall–Kier alpha value is -2.74. The van der Waals surface area contributed by atoms with Crippen molar-refractivity contribution < 1.29 is 32.2 Å². The van der Waals surface area contributed by atoms with E-state index in [0.29, 0.717) is 22.4 Å². The van der Waals surface area contributed by atoms with E-state index in [2.05, 4.69) is 4.74 Å². The number of carbonyl (C=O) groups is 1. The zero-order valence-corrected chi connectivity index (χ0v) is 14.9. The van der Waals surface area contributed by atoms with E-state index in [9.17, 15) is 18.0 Å². The minimum absolute atomic E-state index is 0.0170. The highest BCUT2D eigenvalue weighted by Crippen LogP contribution is 2.35. The lowest BCUT2D eigenvalue weighted by molar-refractivity contribution is -0.274. The second kappa shape index (κ2) is 8.77. The number of carbonyl (C=O) groups excluding carboxylic acids is 1. The van der Waals surface area contributed by atoms with E-state index in [0.717, 1.165) is 0 Å². The van der Waals surface area contributed by atoms with E-state index in [1.54, 1.807) is 31.2 Å². The lowest BCUT2D eigenvalue weighted by Gasteiger charge is -2.16. The summed E-state index contributed by atoms with van der Waals surface area (Å²) in [5.41, 5.74) is 7.68. The van der Waals surface area contributed by atoms with Crippen molar-refractivity contribution in [1.29, 1.82) is 0 Å². The number of esters is 1. The van der Waals surface area contributed by atoms with Crippen LogP contribution in [0.3, 0.4) is 0 Å². The maximum Gasteiger partial charge on any atom is 0.573 e. The summed E-state index contributed by atoms with van der Waals surface area (Å²) < 4.78 is 51.6. The first-order chi connectivity index (χ1) is 12.7. The summed E-state index contributed by atoms with van der Waals surface area (Å²) in [6, 6.07) is 9.93. The van der Waals surface area contributed by atoms with E-state index in [1.165, 1.54) is 25.3 Å². The summed E-state index contributed by atoms with van der Waals surface area (Å²) in [7, 11) is 1.45. The fourth-order valence-electron chi connectivity index (χ4n) is 2.56. The summed E-state index contributed by atoms with van der Waals surface area (Å²) in [5, 5.41) is 0. The van der Waals surface area contributed by atoms with Crippen LogP contribution < -0.4 is 15.2 Å². The summed E-state index contributed by atoms with van der Waals surface area (Å²) in [5.74, 6) is -0.322. The van der Waals surface area contributed by atoms with E-state index >= 15 is 0 Å². The van der Waals surface area contributed by atoms with Gasteiger partial charge in [-0.25, -0.2) is 0 Å². The molecule has 5 nitrogen and oxygen atoms in total. The molecule has 0 aliphatic heterocycles. The van der Waals surface area contributed by atoms with Gasteiger partial charge in [-0.1, -0.05) is 18.2 Å². The summed E-state index contributed by atoms with van der Waals surface area (Å²) >= 11 is 0. The Morgan fingerprint density at radius 1 is 1.19 bits per heavy atom. The van der Waals surface area contributed by atoms with Gasteiger partial charge in [0.2, 0.25) is 0 Å². The standard InChI is InChI=1S/C19H20F3NO4/c1-3-26-18(24)11-16(23)13-7-8-17(25-2)15(10-13)12-5-4-6-14(9-12)27-19(20,21)22/h4-10,16H,3,11,23H2,1-2H3/t16-/m0/s1. The van der Waals surface area contributed by atoms with Gasteiger partial charge in [0.05, 0.1) is 20.1 Å². The van der Waals surface area contributed by atoms with Crippen molar-refractivity contribution in [3.8, 4) is 22.6 Å². The van der Waals surface area contributed by atoms with Crippen LogP contribution in [0.1, 0.15) is 24.9 Å². The first-order valence-electron chi connectivity index (χ1n) is 8.18. The van der Waals surface area contributed by atoms with Crippen LogP contribution in [-0.4, -0.2) is 26.0 Å². The quantitative estimate of drug-likeness (QED) is 0.725. The lowest BCUT2D eigenvalue weighted by Crippen LogP contribution is -2.17. The molecular formula is C19H20F3NO4. The number of rotatable bonds is 7. The summed E-state index contributed by atoms with van der Waals surface area (Å²) in [6.07, 6.45) is -4.80. The first-order valence-corrected chi connectivity index (χ1v) is 8.18. The van der Waals surface area contributed by atoms with Gasteiger partial charge in [0.1, 0.15) is 11.5 Å². The molecule has 0 aromatic heterocycles. The van der Waals surface area contributed by atoms with E-state index < -0.39 is 18.4 Å². The van der Waals surface area contributed by atoms with Crippen molar-refractivity contribution in [3.05, 3.63) is 48.0 Å². The van der Waals surface area contributed by atoms with Gasteiger partial charge in [-0.2, -0.15) is 0 Å². The average molecular weight is 383 g/mol. The van der Waals surface area contributed by atoms with Crippen molar-refractivity contribution in [1.82, 2.24) is 0 Å². The molecule has 0 unspecified atom stereocenters. The molecule has 0 radical (unpaired) electrons. The molecular weight excluding hydrogens is 363 g/mol. The predicted molar refractivity (Wildman–Crippen MR) is 93.3 cm³/mol. The number of halogens is 3. The number of hydrogen-bond donors (Lipinski definition) is 1. The first kappa shape index (κ1) is 20.6. The maximum absolute atomic E-state index is 12.5. The average Bonchev–Trinajstić information content (AvgIpc) is 2.60. The second-order valence-electron chi connectivity index (χ2n) is 5.65. The third-order valence-corrected chi connectivity index (χ3v) is 3.72. The summed E-state index contributed by atoms with van der Waals surface area (Å²) in [4.78, 5) is 11.6. The Bertz CT molecular complexity index is 793. The molecule has 27 heavy (non-hydrogen) atoms. The lowest BCUT2D eigenvalue weighted by atomic mass is 9.97. The molecule has 0 heterocycles. The molecule has 146 valence electrons. The van der Waals surface area contributed by atoms with Crippen LogP contribution in [0.4, 0.5) is 13.2 Å². The molecule has 0 aliphatic rings. The fourth-order valence-corrected chi connectivity index (χ4v) is 2.56. The van der Waals surface area contributed by atoms with Crippen LogP contribution in [0.5, 0.6) is 11.5 Å². The minimum Gasteiger partial charge on any atom is -0.496 e. The Morgan fingerprint density at radius 3 is 2.56 bits per heavy atom. The van der Waals surface area contributed by atoms with Crippen molar-refractivity contribution >= 4 is 5.97 Å². The molecule has 0 aliphatic carbocycles. The van der Waals surface area contributed by atoms with Gasteiger partial charge in [-0.15, -0.1) is 13.2 Å². The van der Waals surface area contributed by atoms with E-state index in [-0.39, 0.29) is 18.8 Å². The van der Waals surface area contributed by atoms with Crippen LogP contribution in [-0.2, 0) is 9.53 Å². The number of hydrogen-bond acceptors (Lipinski definition) is 5. The van der Waals surface area contributed by atoms with Crippen LogP contribution in [0, 0.1) is 0 Å². The highest BCUT2D eigenvalue weighted by Gasteiger charge is 2.31. The monoisotopic (exact) mass is 383 g/mol. The van der Waals surface area contributed by atoms with Crippen LogP contribution in [0.25, 0.3) is 11.1 Å². The van der Waals surface area contributed by atoms with Crippen molar-refractivity contribution in [2.45, 2.75) is 25.7 Å². The Morgan fingerprint density at radius 2 is 1.93 bits per heavy atom. The maximum atomic E-state index is 12.5. The second-order valence-corrected chi connectivity index (χ2v) is 5.65. The van der Waals surface area contributed by atoms with Crippen LogP contribution >= 0.6 is 0 Å². The normalized spacial score (nSPS) is 12.4. The third-order valence-electron chi connectivity index (χ3n) is 3.72. The minimum atomic E-state index is -4.79. The number of methoxy groups -OCH3 is 1. The highest BCUT2D eigenvalue weighted by atomic mass is 19.4. The number of benzene rings is 2. The van der Waals surface area contributed by atoms with Gasteiger partial charge < -0.3 is 19.9 Å². The molecule has 1 atom stereocenters. The van der Waals surface area contributed by atoms with Gasteiger partial charge in [0.15, 0.2) is 0 Å². The largest absolute Gasteiger partial charge is 0.573 e. The van der Waals surface area contributed by atoms with Crippen molar-refractivity contribution in [2.24, 2.45) is 5.73 Å². The molecule has 8 heteroatoms. The molecule has 2 N–H and O–H groups in total. The van der Waals surface area contributed by atoms with Crippen molar-refractivity contribution in [3.63, 3.8) is 0 Å². The molecule has 0 bridgehead atoms. The van der Waals surface area contributed by atoms with Gasteiger partial charge in [0.25, 0.3) is 0 Å². The molecule has 0 saturated carbocycles. The highest BCUT2D eigenvalue weighted by molar-refractivity contribution is 5.74. The molecule has 2 rings (SSSR count). The third kappa shape index (κ3) is 5.89. The van der Waals surface area contributed by atoms with Gasteiger partial charge in [0, 0.05) is 11.6 Å². The number of alkyl halides is 3. The predicted octanol–water partition coefficient (Wildman–Crippen LogP) is 4.21. The molecule has 2 aromatic rings. The zero-order chi connectivity index (χ0) is 20.0. The van der Waals surface area contributed by atoms with Gasteiger partial charge in [-0.3, -0.25) is 4.79 Å². The molecule has 0 spiro atoms. The number of nitrogens with two attached hydrogens (primary N) is 1. The molecule has 2 aromatic carbocycles. The molecule has 0 saturated heterocycles. The van der Waals surface area contributed by atoms with Crippen LogP contribution in [0.2, 0.25) is 0 Å². The summed E-state index contributed by atoms with van der Waals surface area (Å²) in [6.45, 7) is 1.95. The topological polar surface area (TPSA) is 70.8 Å². The van der Waals surface area contributed by atoms with Gasteiger partial charge >= 0.3 is 12.3 Å². The van der Waals surface area contributed by atoms with E-state index in [4.69, 9.17) is 15.2 Å². The van der Waals surface area contributed by atoms with Crippen molar-refractivity contribution in [2.75, 3.05) is 13.7 Å². The Labute approximate surface area is 154 Å². The van der Waals surface area contributed by atoms with E-state index in [1.807, 2.05) is 0 Å². The smallest absolute Gasteiger partial charge is 0.496 e. The van der Waals surface area contributed by atoms with Crippen LogP contribution in [0.15, 0.2) is 42.5 Å². The fraction of sp³-hybridized carbons (Fsp3) is 0.316. The Balaban J connectivity index is 2.35. The zero-order valence-electron chi connectivity index (χ0n) is 14.9. The number of ether oxygens (including phenoxy) is 3. The van der Waals surface area contributed by atoms with Gasteiger partial charge in [-0.05, 0) is 42.3 Å².